The van der Waals surface area contributed by atoms with Gasteiger partial charge >= 0.3 is 6.09 Å². The van der Waals surface area contributed by atoms with E-state index in [2.05, 4.69) is 53.0 Å². The molecule has 174 valence electrons. The molecule has 0 aliphatic carbocycles. The molecule has 2 heterocycles. The maximum atomic E-state index is 11.5. The fourth-order valence-corrected chi connectivity index (χ4v) is 3.11. The summed E-state index contributed by atoms with van der Waals surface area (Å²) in [6, 6.07) is 10.5. The Morgan fingerprint density at radius 3 is 2.21 bits per heavy atom. The van der Waals surface area contributed by atoms with Crippen LogP contribution in [0.5, 0.6) is 0 Å². The third kappa shape index (κ3) is 7.02. The van der Waals surface area contributed by atoms with Gasteiger partial charge in [-0.25, -0.2) is 14.8 Å². The van der Waals surface area contributed by atoms with Gasteiger partial charge in [-0.3, -0.25) is 9.59 Å². The van der Waals surface area contributed by atoms with Crippen LogP contribution in [0.4, 0.5) is 4.79 Å². The Hall–Kier alpha value is -3.97. The van der Waals surface area contributed by atoms with Gasteiger partial charge in [0.25, 0.3) is 11.1 Å². The topological polar surface area (TPSA) is 130 Å². The van der Waals surface area contributed by atoms with E-state index in [1.54, 1.807) is 45.0 Å². The van der Waals surface area contributed by atoms with E-state index in [4.69, 9.17) is 4.74 Å². The van der Waals surface area contributed by atoms with Crippen LogP contribution in [0.15, 0.2) is 63.1 Å². The molecule has 4 aromatic rings. The molecule has 9 nitrogen and oxygen atoms in total. The molecule has 0 radical (unpaired) electrons. The Balaban J connectivity index is 0.000000226. The van der Waals surface area contributed by atoms with Crippen LogP contribution < -0.4 is 16.4 Å². The molecule has 1 amide bonds. The molecule has 0 fully saturated rings. The molecule has 2 aromatic heterocycles. The maximum Gasteiger partial charge on any atom is 0.408 e. The minimum Gasteiger partial charge on any atom is -0.444 e. The Morgan fingerprint density at radius 1 is 1.00 bits per heavy atom. The van der Waals surface area contributed by atoms with E-state index < -0.39 is 11.7 Å². The number of fused-ring (bicyclic) bond motifs is 2. The molecule has 0 spiro atoms. The SMILES string of the molecule is CC(C)(C)OC(=O)NCC#Cc1ccc2c(=O)[nH]cnc2c1.O=c1[nH]cnc2cc(Br)ccc12. The molecular formula is C24H22BrN5O4. The summed E-state index contributed by atoms with van der Waals surface area (Å²) in [4.78, 5) is 47.3. The van der Waals surface area contributed by atoms with E-state index in [1.165, 1.54) is 12.7 Å². The van der Waals surface area contributed by atoms with Crippen molar-refractivity contribution in [3.8, 4) is 11.8 Å². The minimum absolute atomic E-state index is 0.104. The third-order valence-corrected chi connectivity index (χ3v) is 4.69. The highest BCUT2D eigenvalue weighted by Gasteiger charge is 2.15. The lowest BCUT2D eigenvalue weighted by atomic mass is 10.1. The van der Waals surface area contributed by atoms with Crippen LogP contribution in [0.1, 0.15) is 26.3 Å². The van der Waals surface area contributed by atoms with Gasteiger partial charge in [0.2, 0.25) is 0 Å². The van der Waals surface area contributed by atoms with E-state index in [-0.39, 0.29) is 17.7 Å². The summed E-state index contributed by atoms with van der Waals surface area (Å²) in [6.45, 7) is 5.56. The molecule has 0 saturated heterocycles. The number of nitrogens with zero attached hydrogens (tertiary/aromatic N) is 2. The molecule has 10 heteroatoms. The van der Waals surface area contributed by atoms with Crippen molar-refractivity contribution in [3.05, 3.63) is 79.8 Å². The van der Waals surface area contributed by atoms with Gasteiger partial charge in [-0.1, -0.05) is 27.8 Å². The fourth-order valence-electron chi connectivity index (χ4n) is 2.77. The van der Waals surface area contributed by atoms with Crippen molar-refractivity contribution in [2.75, 3.05) is 6.54 Å². The van der Waals surface area contributed by atoms with Crippen molar-refractivity contribution >= 4 is 43.8 Å². The van der Waals surface area contributed by atoms with Gasteiger partial charge in [0, 0.05) is 10.0 Å². The zero-order valence-corrected chi connectivity index (χ0v) is 20.3. The lowest BCUT2D eigenvalue weighted by molar-refractivity contribution is 0.0535. The first kappa shape index (κ1) is 24.7. The Bertz CT molecular complexity index is 1510. The van der Waals surface area contributed by atoms with Gasteiger partial charge in [-0.15, -0.1) is 0 Å². The van der Waals surface area contributed by atoms with Crippen LogP contribution in [0.3, 0.4) is 0 Å². The number of aromatic nitrogens is 4. The van der Waals surface area contributed by atoms with Crippen molar-refractivity contribution in [2.45, 2.75) is 26.4 Å². The molecule has 2 aromatic carbocycles. The number of nitrogens with one attached hydrogen (secondary N) is 3. The average molecular weight is 524 g/mol. The Labute approximate surface area is 203 Å². The van der Waals surface area contributed by atoms with E-state index in [0.29, 0.717) is 21.8 Å². The molecule has 0 aliphatic heterocycles. The Kier molecular flexibility index (Phi) is 7.81. The van der Waals surface area contributed by atoms with Crippen LogP contribution in [0.25, 0.3) is 21.8 Å². The number of halogens is 1. The van der Waals surface area contributed by atoms with E-state index in [9.17, 15) is 14.4 Å². The monoisotopic (exact) mass is 523 g/mol. The van der Waals surface area contributed by atoms with Crippen LogP contribution in [-0.2, 0) is 4.74 Å². The van der Waals surface area contributed by atoms with Crippen LogP contribution >= 0.6 is 15.9 Å². The number of H-pyrrole nitrogens is 2. The van der Waals surface area contributed by atoms with E-state index in [0.717, 1.165) is 10.0 Å². The van der Waals surface area contributed by atoms with Gasteiger partial charge in [-0.2, -0.15) is 0 Å². The predicted octanol–water partition coefficient (Wildman–Crippen LogP) is 3.48. The minimum atomic E-state index is -0.533. The van der Waals surface area contributed by atoms with Gasteiger partial charge < -0.3 is 20.0 Å². The third-order valence-electron chi connectivity index (χ3n) is 4.20. The number of aromatic amines is 2. The summed E-state index contributed by atoms with van der Waals surface area (Å²) in [5.74, 6) is 5.72. The number of ether oxygens (including phenoxy) is 1. The van der Waals surface area contributed by atoms with Crippen molar-refractivity contribution in [1.29, 1.82) is 0 Å². The number of carbonyl (C=O) groups is 1. The molecule has 0 aliphatic rings. The van der Waals surface area contributed by atoms with Crippen molar-refractivity contribution in [2.24, 2.45) is 0 Å². The van der Waals surface area contributed by atoms with E-state index in [1.807, 2.05) is 12.1 Å². The van der Waals surface area contributed by atoms with Gasteiger partial charge in [0.15, 0.2) is 0 Å². The molecule has 4 rings (SSSR count). The summed E-state index contributed by atoms with van der Waals surface area (Å²) in [5.41, 5.74) is 1.18. The normalized spacial score (nSPS) is 10.6. The number of rotatable bonds is 1. The van der Waals surface area contributed by atoms with Gasteiger partial charge in [0.05, 0.1) is 41.0 Å². The number of carbonyl (C=O) groups excluding carboxylic acids is 1. The average Bonchev–Trinajstić information content (AvgIpc) is 2.76. The maximum absolute atomic E-state index is 11.5. The lowest BCUT2D eigenvalue weighted by Crippen LogP contribution is -2.32. The van der Waals surface area contributed by atoms with Gasteiger partial charge in [0.1, 0.15) is 5.60 Å². The first-order valence-corrected chi connectivity index (χ1v) is 11.0. The first-order chi connectivity index (χ1) is 16.1. The summed E-state index contributed by atoms with van der Waals surface area (Å²) >= 11 is 3.30. The Morgan fingerprint density at radius 2 is 1.59 bits per heavy atom. The number of benzene rings is 2. The number of hydrogen-bond acceptors (Lipinski definition) is 6. The lowest BCUT2D eigenvalue weighted by Gasteiger charge is -2.18. The molecule has 3 N–H and O–H groups in total. The largest absolute Gasteiger partial charge is 0.444 e. The van der Waals surface area contributed by atoms with E-state index >= 15 is 0 Å². The molecular weight excluding hydrogens is 502 g/mol. The standard InChI is InChI=1S/C16H17N3O3.C8H5BrN2O/c1-16(2,3)22-15(21)17-8-4-5-11-6-7-12-13(9-11)18-10-19-14(12)20;9-5-1-2-6-7(3-5)10-4-11-8(6)12/h6-7,9-10H,8H2,1-3H3,(H,17,21)(H,18,19,20);1-4H,(H,10,11,12). The summed E-state index contributed by atoms with van der Waals surface area (Å²) < 4.78 is 6.02. The number of alkyl carbamates (subject to hydrolysis) is 1. The van der Waals surface area contributed by atoms with Crippen molar-refractivity contribution < 1.29 is 9.53 Å². The van der Waals surface area contributed by atoms with Gasteiger partial charge in [-0.05, 0) is 57.2 Å². The smallest absolute Gasteiger partial charge is 0.408 e. The molecule has 34 heavy (non-hydrogen) atoms. The molecule has 0 bridgehead atoms. The second kappa shape index (κ2) is 10.8. The number of amides is 1. The zero-order chi connectivity index (χ0) is 24.7. The quantitative estimate of drug-likeness (QED) is 0.327. The predicted molar refractivity (Wildman–Crippen MR) is 134 cm³/mol. The molecule has 0 unspecified atom stereocenters. The zero-order valence-electron chi connectivity index (χ0n) is 18.7. The summed E-state index contributed by atoms with van der Waals surface area (Å²) in [7, 11) is 0. The molecule has 0 saturated carbocycles. The summed E-state index contributed by atoms with van der Waals surface area (Å²) in [6.07, 6.45) is 2.25. The van der Waals surface area contributed by atoms with Crippen molar-refractivity contribution in [1.82, 2.24) is 25.3 Å². The highest BCUT2D eigenvalue weighted by molar-refractivity contribution is 9.10. The second-order valence-electron chi connectivity index (χ2n) is 8.01. The molecule has 0 atom stereocenters. The van der Waals surface area contributed by atoms with Crippen LogP contribution in [0.2, 0.25) is 0 Å². The highest BCUT2D eigenvalue weighted by atomic mass is 79.9. The van der Waals surface area contributed by atoms with Crippen molar-refractivity contribution in [3.63, 3.8) is 0 Å². The second-order valence-corrected chi connectivity index (χ2v) is 8.93. The van der Waals surface area contributed by atoms with Crippen LogP contribution in [-0.4, -0.2) is 38.2 Å². The summed E-state index contributed by atoms with van der Waals surface area (Å²) in [5, 5.41) is 3.68. The highest BCUT2D eigenvalue weighted by Crippen LogP contribution is 2.14. The fraction of sp³-hybridized carbons (Fsp3) is 0.208. The van der Waals surface area contributed by atoms with Crippen LogP contribution in [0, 0.1) is 11.8 Å². The number of hydrogen-bond donors (Lipinski definition) is 3. The first-order valence-electron chi connectivity index (χ1n) is 10.2.